The molecule has 0 spiro atoms. The van der Waals surface area contributed by atoms with Crippen LogP contribution >= 0.6 is 0 Å². The monoisotopic (exact) mass is 517 g/mol. The van der Waals surface area contributed by atoms with Crippen molar-refractivity contribution in [2.45, 2.75) is 201 Å². The van der Waals surface area contributed by atoms with Crippen LogP contribution in [-0.2, 0) is 0 Å². The molecule has 220 valence electrons. The van der Waals surface area contributed by atoms with Gasteiger partial charge in [0.15, 0.2) is 0 Å². The van der Waals surface area contributed by atoms with Gasteiger partial charge in [-0.25, -0.2) is 0 Å². The van der Waals surface area contributed by atoms with Crippen molar-refractivity contribution in [1.82, 2.24) is 0 Å². The third-order valence-corrected chi connectivity index (χ3v) is 8.56. The fraction of sp³-hybridized carbons (Fsp3) is 0.892. The largest absolute Gasteiger partial charge is 0.0996 e. The average Bonchev–Trinajstić information content (AvgIpc) is 2.91. The van der Waals surface area contributed by atoms with Gasteiger partial charge < -0.3 is 0 Å². The lowest BCUT2D eigenvalue weighted by Gasteiger charge is -2.27. The van der Waals surface area contributed by atoms with Crippen molar-refractivity contribution >= 4 is 0 Å². The smallest absolute Gasteiger partial charge is 0.0206 e. The lowest BCUT2D eigenvalue weighted by atomic mass is 9.78. The molecule has 0 amide bonds. The van der Waals surface area contributed by atoms with Crippen LogP contribution in [-0.4, -0.2) is 0 Å². The first kappa shape index (κ1) is 36.5. The molecule has 0 bridgehead atoms. The van der Waals surface area contributed by atoms with Crippen molar-refractivity contribution < 1.29 is 0 Å². The second-order valence-corrected chi connectivity index (χ2v) is 12.4. The molecule has 0 aromatic heterocycles. The molecule has 37 heavy (non-hydrogen) atoms. The van der Waals surface area contributed by atoms with Crippen LogP contribution < -0.4 is 0 Å². The van der Waals surface area contributed by atoms with Crippen molar-refractivity contribution in [2.75, 3.05) is 0 Å². The van der Waals surface area contributed by atoms with E-state index >= 15 is 0 Å². The first-order valence-electron chi connectivity index (χ1n) is 17.5. The Morgan fingerprint density at radius 1 is 0.514 bits per heavy atom. The number of rotatable bonds is 24. The van der Waals surface area contributed by atoms with Gasteiger partial charge in [-0.15, -0.1) is 0 Å². The summed E-state index contributed by atoms with van der Waals surface area (Å²) in [5.41, 5.74) is 1.56. The maximum Gasteiger partial charge on any atom is -0.0206 e. The predicted octanol–water partition coefficient (Wildman–Crippen LogP) is 13.9. The average molecular weight is 517 g/mol. The molecule has 1 aliphatic rings. The second-order valence-electron chi connectivity index (χ2n) is 12.4. The second kappa shape index (κ2) is 30.0. The SMILES string of the molecule is C=C(CCCCCCC/C=C\CCCCCCCC)C1CCC(C)CC1.CCCCCCCCCCC. The van der Waals surface area contributed by atoms with Crippen LogP contribution in [0.4, 0.5) is 0 Å². The van der Waals surface area contributed by atoms with E-state index in [0.717, 1.165) is 11.8 Å². The fourth-order valence-corrected chi connectivity index (χ4v) is 5.68. The lowest BCUT2D eigenvalue weighted by molar-refractivity contribution is 0.315. The van der Waals surface area contributed by atoms with Crippen LogP contribution in [0.2, 0.25) is 0 Å². The third kappa shape index (κ3) is 26.9. The van der Waals surface area contributed by atoms with E-state index in [9.17, 15) is 0 Å². The molecular formula is C37H72. The van der Waals surface area contributed by atoms with Crippen molar-refractivity contribution in [2.24, 2.45) is 11.8 Å². The van der Waals surface area contributed by atoms with Crippen LogP contribution in [0.5, 0.6) is 0 Å². The Balaban J connectivity index is 0.000000989. The summed E-state index contributed by atoms with van der Waals surface area (Å²) >= 11 is 0. The highest BCUT2D eigenvalue weighted by atomic mass is 14.2. The molecule has 0 heterocycles. The number of hydrogen-bond acceptors (Lipinski definition) is 0. The summed E-state index contributed by atoms with van der Waals surface area (Å²) in [4.78, 5) is 0. The Kier molecular flexibility index (Phi) is 29.6. The predicted molar refractivity (Wildman–Crippen MR) is 173 cm³/mol. The Labute approximate surface area is 236 Å². The van der Waals surface area contributed by atoms with Gasteiger partial charge in [0.25, 0.3) is 0 Å². The maximum absolute atomic E-state index is 4.40. The van der Waals surface area contributed by atoms with E-state index in [4.69, 9.17) is 0 Å². The first-order valence-corrected chi connectivity index (χ1v) is 17.5. The Morgan fingerprint density at radius 2 is 0.865 bits per heavy atom. The van der Waals surface area contributed by atoms with E-state index in [-0.39, 0.29) is 0 Å². The van der Waals surface area contributed by atoms with E-state index in [1.807, 2.05) is 0 Å². The zero-order valence-electron chi connectivity index (χ0n) is 26.6. The molecule has 0 aromatic carbocycles. The Morgan fingerprint density at radius 3 is 1.27 bits per heavy atom. The molecule has 1 saturated carbocycles. The van der Waals surface area contributed by atoms with Gasteiger partial charge in [-0.05, 0) is 63.2 Å². The standard InChI is InChI=1S/C26H48.C11H24/c1-4-5-6-7-8-9-10-11-12-13-14-15-16-17-18-19-25(3)26-22-20-24(2)21-23-26;1-3-5-7-9-11-10-8-6-4-2/h11-12,24,26H,3-10,13-23H2,1-2H3;3-11H2,1-2H3/b12-11-;. The van der Waals surface area contributed by atoms with Crippen LogP contribution in [0.3, 0.4) is 0 Å². The van der Waals surface area contributed by atoms with Crippen LogP contribution in [0.1, 0.15) is 201 Å². The first-order chi connectivity index (χ1) is 18.2. The van der Waals surface area contributed by atoms with Crippen LogP contribution in [0, 0.1) is 11.8 Å². The van der Waals surface area contributed by atoms with Gasteiger partial charge >= 0.3 is 0 Å². The van der Waals surface area contributed by atoms with Gasteiger partial charge in [0.1, 0.15) is 0 Å². The van der Waals surface area contributed by atoms with Crippen molar-refractivity contribution in [3.8, 4) is 0 Å². The number of allylic oxidation sites excluding steroid dienone is 3. The molecular weight excluding hydrogens is 444 g/mol. The van der Waals surface area contributed by atoms with Gasteiger partial charge in [-0.3, -0.25) is 0 Å². The topological polar surface area (TPSA) is 0 Å². The summed E-state index contributed by atoms with van der Waals surface area (Å²) < 4.78 is 0. The van der Waals surface area contributed by atoms with E-state index in [1.54, 1.807) is 5.57 Å². The molecule has 1 aliphatic carbocycles. The van der Waals surface area contributed by atoms with Gasteiger partial charge in [0.05, 0.1) is 0 Å². The molecule has 1 fully saturated rings. The normalized spacial score (nSPS) is 17.6. The molecule has 1 rings (SSSR count). The molecule has 0 radical (unpaired) electrons. The zero-order valence-corrected chi connectivity index (χ0v) is 26.6. The molecule has 0 aliphatic heterocycles. The number of unbranched alkanes of at least 4 members (excludes halogenated alkanes) is 19. The summed E-state index contributed by atoms with van der Waals surface area (Å²) in [5.74, 6) is 1.81. The molecule has 0 N–H and O–H groups in total. The van der Waals surface area contributed by atoms with E-state index < -0.39 is 0 Å². The van der Waals surface area contributed by atoms with Crippen LogP contribution in [0.25, 0.3) is 0 Å². The highest BCUT2D eigenvalue weighted by Crippen LogP contribution is 2.34. The summed E-state index contributed by atoms with van der Waals surface area (Å²) in [6.45, 7) is 13.6. The highest BCUT2D eigenvalue weighted by Gasteiger charge is 2.19. The summed E-state index contributed by atoms with van der Waals surface area (Å²) in [6, 6.07) is 0. The summed E-state index contributed by atoms with van der Waals surface area (Å²) in [6.07, 6.45) is 42.8. The van der Waals surface area contributed by atoms with E-state index in [2.05, 4.69) is 46.4 Å². The van der Waals surface area contributed by atoms with Gasteiger partial charge in [-0.1, -0.05) is 174 Å². The fourth-order valence-electron chi connectivity index (χ4n) is 5.68. The Bertz CT molecular complexity index is 456. The maximum atomic E-state index is 4.40. The zero-order chi connectivity index (χ0) is 27.2. The molecule has 0 atom stereocenters. The van der Waals surface area contributed by atoms with Crippen molar-refractivity contribution in [1.29, 1.82) is 0 Å². The van der Waals surface area contributed by atoms with Gasteiger partial charge in [0, 0.05) is 0 Å². The molecule has 0 unspecified atom stereocenters. The molecule has 0 heteroatoms. The van der Waals surface area contributed by atoms with E-state index in [1.165, 1.54) is 173 Å². The summed E-state index contributed by atoms with van der Waals surface area (Å²) in [7, 11) is 0. The highest BCUT2D eigenvalue weighted by molar-refractivity contribution is 5.01. The van der Waals surface area contributed by atoms with Crippen molar-refractivity contribution in [3.05, 3.63) is 24.3 Å². The van der Waals surface area contributed by atoms with Crippen LogP contribution in [0.15, 0.2) is 24.3 Å². The van der Waals surface area contributed by atoms with Gasteiger partial charge in [0.2, 0.25) is 0 Å². The molecule has 0 nitrogen and oxygen atoms in total. The minimum atomic E-state index is 0.850. The molecule has 0 saturated heterocycles. The lowest BCUT2D eigenvalue weighted by Crippen LogP contribution is -2.13. The minimum Gasteiger partial charge on any atom is -0.0996 e. The quantitative estimate of drug-likeness (QED) is 0.0883. The summed E-state index contributed by atoms with van der Waals surface area (Å²) in [5, 5.41) is 0. The van der Waals surface area contributed by atoms with Gasteiger partial charge in [-0.2, -0.15) is 0 Å². The van der Waals surface area contributed by atoms with Crippen molar-refractivity contribution in [3.63, 3.8) is 0 Å². The molecule has 0 aromatic rings. The Hall–Kier alpha value is -0.520. The van der Waals surface area contributed by atoms with E-state index in [0.29, 0.717) is 0 Å². The minimum absolute atomic E-state index is 0.850. The third-order valence-electron chi connectivity index (χ3n) is 8.56. The number of hydrogen-bond donors (Lipinski definition) is 0.